The highest BCUT2D eigenvalue weighted by Crippen LogP contribution is 2.36. The molecular formula is C17H17N3S2. The van der Waals surface area contributed by atoms with Crippen LogP contribution in [0.3, 0.4) is 0 Å². The van der Waals surface area contributed by atoms with Gasteiger partial charge in [-0.2, -0.15) is 5.10 Å². The number of rotatable bonds is 4. The second kappa shape index (κ2) is 6.28. The molecule has 112 valence electrons. The van der Waals surface area contributed by atoms with Crippen LogP contribution in [0.4, 0.5) is 0 Å². The predicted octanol–water partition coefficient (Wildman–Crippen LogP) is 4.46. The summed E-state index contributed by atoms with van der Waals surface area (Å²) in [7, 11) is 0. The lowest BCUT2D eigenvalue weighted by Crippen LogP contribution is -2.24. The average Bonchev–Trinajstić information content (AvgIpc) is 3.23. The van der Waals surface area contributed by atoms with E-state index >= 15 is 0 Å². The summed E-state index contributed by atoms with van der Waals surface area (Å²) in [6.45, 7) is 0.841. The second-order valence-corrected chi connectivity index (χ2v) is 7.44. The molecule has 5 heteroatoms. The molecule has 0 radical (unpaired) electrons. The minimum Gasteiger partial charge on any atom is -0.306 e. The van der Waals surface area contributed by atoms with Crippen LogP contribution in [0, 0.1) is 0 Å². The van der Waals surface area contributed by atoms with Crippen LogP contribution in [0.5, 0.6) is 0 Å². The summed E-state index contributed by atoms with van der Waals surface area (Å²) in [6, 6.07) is 13.4. The summed E-state index contributed by atoms with van der Waals surface area (Å²) in [6.07, 6.45) is 3.11. The first-order chi connectivity index (χ1) is 10.9. The molecular weight excluding hydrogens is 310 g/mol. The van der Waals surface area contributed by atoms with E-state index < -0.39 is 0 Å². The largest absolute Gasteiger partial charge is 0.306 e. The van der Waals surface area contributed by atoms with Crippen LogP contribution in [0.2, 0.25) is 0 Å². The lowest BCUT2D eigenvalue weighted by atomic mass is 10.0. The molecule has 0 amide bonds. The Kier molecular flexibility index (Phi) is 4.01. The van der Waals surface area contributed by atoms with Gasteiger partial charge in [-0.05, 0) is 35.2 Å². The van der Waals surface area contributed by atoms with Gasteiger partial charge >= 0.3 is 0 Å². The molecule has 0 saturated carbocycles. The van der Waals surface area contributed by atoms with Crippen molar-refractivity contribution in [3.8, 4) is 10.6 Å². The number of nitrogens with one attached hydrogen (secondary N) is 2. The Hall–Kier alpha value is -1.56. The summed E-state index contributed by atoms with van der Waals surface area (Å²) in [5.74, 6) is 1.18. The Balaban J connectivity index is 1.52. The molecule has 0 spiro atoms. The van der Waals surface area contributed by atoms with Gasteiger partial charge < -0.3 is 5.32 Å². The van der Waals surface area contributed by atoms with Crippen molar-refractivity contribution < 1.29 is 0 Å². The van der Waals surface area contributed by atoms with Gasteiger partial charge in [-0.1, -0.05) is 24.3 Å². The number of nitrogens with zero attached hydrogens (tertiary/aromatic N) is 1. The zero-order chi connectivity index (χ0) is 14.8. The zero-order valence-electron chi connectivity index (χ0n) is 12.1. The van der Waals surface area contributed by atoms with Crippen molar-refractivity contribution in [1.29, 1.82) is 0 Å². The number of aromatic nitrogens is 2. The Labute approximate surface area is 138 Å². The van der Waals surface area contributed by atoms with E-state index in [4.69, 9.17) is 0 Å². The SMILES string of the molecule is c1csc(-c2[nH]ncc2CNC2CCSc3ccccc32)c1. The third-order valence-corrected chi connectivity index (χ3v) is 5.99. The number of benzene rings is 1. The average molecular weight is 327 g/mol. The quantitative estimate of drug-likeness (QED) is 0.743. The fourth-order valence-corrected chi connectivity index (χ4v) is 4.75. The van der Waals surface area contributed by atoms with Crippen molar-refractivity contribution in [2.75, 3.05) is 5.75 Å². The Morgan fingerprint density at radius 2 is 2.18 bits per heavy atom. The van der Waals surface area contributed by atoms with E-state index in [9.17, 15) is 0 Å². The zero-order valence-corrected chi connectivity index (χ0v) is 13.7. The van der Waals surface area contributed by atoms with E-state index in [0.29, 0.717) is 6.04 Å². The number of thioether (sulfide) groups is 1. The maximum atomic E-state index is 4.22. The molecule has 3 nitrogen and oxygen atoms in total. The molecule has 4 rings (SSSR count). The van der Waals surface area contributed by atoms with Crippen LogP contribution in [0.1, 0.15) is 23.6 Å². The smallest absolute Gasteiger partial charge is 0.0794 e. The predicted molar refractivity (Wildman–Crippen MR) is 93.3 cm³/mol. The number of fused-ring (bicyclic) bond motifs is 1. The van der Waals surface area contributed by atoms with Gasteiger partial charge in [-0.15, -0.1) is 23.1 Å². The standard InChI is InChI=1S/C17H17N3S2/c1-2-5-15-13(4-1)14(7-9-22-15)18-10-12-11-19-20-17(12)16-6-3-8-21-16/h1-6,8,11,14,18H,7,9-10H2,(H,19,20). The Morgan fingerprint density at radius 3 is 3.09 bits per heavy atom. The molecule has 2 N–H and O–H groups in total. The summed E-state index contributed by atoms with van der Waals surface area (Å²) in [5, 5.41) is 13.2. The number of H-pyrrole nitrogens is 1. The van der Waals surface area contributed by atoms with Crippen LogP contribution in [0.25, 0.3) is 10.6 Å². The minimum atomic E-state index is 0.434. The van der Waals surface area contributed by atoms with Crippen molar-refractivity contribution in [3.05, 3.63) is 59.1 Å². The molecule has 0 fully saturated rings. The number of hydrogen-bond donors (Lipinski definition) is 2. The van der Waals surface area contributed by atoms with Gasteiger partial charge in [-0.25, -0.2) is 0 Å². The van der Waals surface area contributed by atoms with Crippen LogP contribution in [0.15, 0.2) is 52.9 Å². The highest BCUT2D eigenvalue weighted by molar-refractivity contribution is 7.99. The molecule has 0 bridgehead atoms. The van der Waals surface area contributed by atoms with Gasteiger partial charge in [0.2, 0.25) is 0 Å². The molecule has 0 aliphatic carbocycles. The molecule has 1 atom stereocenters. The van der Waals surface area contributed by atoms with Gasteiger partial charge in [-0.3, -0.25) is 5.10 Å². The first-order valence-corrected chi connectivity index (χ1v) is 9.29. The van der Waals surface area contributed by atoms with E-state index in [1.165, 1.54) is 33.1 Å². The van der Waals surface area contributed by atoms with Crippen molar-refractivity contribution in [2.24, 2.45) is 0 Å². The molecule has 22 heavy (non-hydrogen) atoms. The summed E-state index contributed by atoms with van der Waals surface area (Å²) < 4.78 is 0. The first kappa shape index (κ1) is 14.1. The molecule has 2 aromatic heterocycles. The molecule has 3 aromatic rings. The highest BCUT2D eigenvalue weighted by atomic mass is 32.2. The van der Waals surface area contributed by atoms with Gasteiger partial charge in [0, 0.05) is 23.0 Å². The number of aromatic amines is 1. The number of thiophene rings is 1. The van der Waals surface area contributed by atoms with E-state index in [0.717, 1.165) is 12.2 Å². The third-order valence-electron chi connectivity index (χ3n) is 3.98. The topological polar surface area (TPSA) is 40.7 Å². The van der Waals surface area contributed by atoms with Crippen molar-refractivity contribution in [3.63, 3.8) is 0 Å². The van der Waals surface area contributed by atoms with Crippen LogP contribution in [-0.4, -0.2) is 16.0 Å². The minimum absolute atomic E-state index is 0.434. The maximum Gasteiger partial charge on any atom is 0.0794 e. The van der Waals surface area contributed by atoms with Crippen LogP contribution >= 0.6 is 23.1 Å². The van der Waals surface area contributed by atoms with Gasteiger partial charge in [0.15, 0.2) is 0 Å². The fourth-order valence-electron chi connectivity index (χ4n) is 2.87. The monoisotopic (exact) mass is 327 g/mol. The summed E-state index contributed by atoms with van der Waals surface area (Å²) in [4.78, 5) is 2.66. The van der Waals surface area contributed by atoms with Crippen molar-refractivity contribution in [1.82, 2.24) is 15.5 Å². The Bertz CT molecular complexity index is 749. The lowest BCUT2D eigenvalue weighted by molar-refractivity contribution is 0.510. The van der Waals surface area contributed by atoms with E-state index in [1.54, 1.807) is 11.3 Å². The second-order valence-electron chi connectivity index (χ2n) is 5.36. The fraction of sp³-hybridized carbons (Fsp3) is 0.235. The van der Waals surface area contributed by atoms with E-state index in [1.807, 2.05) is 18.0 Å². The van der Waals surface area contributed by atoms with Gasteiger partial charge in [0.1, 0.15) is 0 Å². The molecule has 3 heterocycles. The number of hydrogen-bond acceptors (Lipinski definition) is 4. The normalized spacial score (nSPS) is 17.4. The molecule has 0 saturated heterocycles. The van der Waals surface area contributed by atoms with Crippen molar-refractivity contribution >= 4 is 23.1 Å². The van der Waals surface area contributed by atoms with Crippen LogP contribution in [-0.2, 0) is 6.54 Å². The van der Waals surface area contributed by atoms with Crippen LogP contribution < -0.4 is 5.32 Å². The molecule has 1 aromatic carbocycles. The van der Waals surface area contributed by atoms with E-state index in [-0.39, 0.29) is 0 Å². The van der Waals surface area contributed by atoms with Gasteiger partial charge in [0.25, 0.3) is 0 Å². The van der Waals surface area contributed by atoms with Gasteiger partial charge in [0.05, 0.1) is 16.8 Å². The summed E-state index contributed by atoms with van der Waals surface area (Å²) in [5.41, 5.74) is 3.80. The third kappa shape index (κ3) is 2.72. The first-order valence-electron chi connectivity index (χ1n) is 7.43. The molecule has 1 aliphatic heterocycles. The lowest BCUT2D eigenvalue weighted by Gasteiger charge is -2.26. The maximum absolute atomic E-state index is 4.22. The summed E-state index contributed by atoms with van der Waals surface area (Å²) >= 11 is 3.70. The Morgan fingerprint density at radius 1 is 1.23 bits per heavy atom. The van der Waals surface area contributed by atoms with E-state index in [2.05, 4.69) is 57.3 Å². The molecule has 1 unspecified atom stereocenters. The van der Waals surface area contributed by atoms with Crippen molar-refractivity contribution in [2.45, 2.75) is 23.9 Å². The highest BCUT2D eigenvalue weighted by Gasteiger charge is 2.20. The molecule has 1 aliphatic rings.